The number of piperazine rings is 1. The lowest BCUT2D eigenvalue weighted by Crippen LogP contribution is -2.44. The monoisotopic (exact) mass is 218 g/mol. The number of hydrogen-bond donors (Lipinski definition) is 0. The Kier molecular flexibility index (Phi) is 4.62. The Morgan fingerprint density at radius 1 is 1.14 bits per heavy atom. The molecule has 3 nitrogen and oxygen atoms in total. The van der Waals surface area contributed by atoms with Crippen molar-refractivity contribution in [2.75, 3.05) is 59.3 Å². The summed E-state index contributed by atoms with van der Waals surface area (Å²) in [7, 11) is 0.388. The lowest BCUT2D eigenvalue weighted by molar-refractivity contribution is 0.154. The summed E-state index contributed by atoms with van der Waals surface area (Å²) >= 11 is 0. The Morgan fingerprint density at radius 2 is 1.71 bits per heavy atom. The fourth-order valence-electron chi connectivity index (χ4n) is 1.75. The molecule has 1 heterocycles. The second-order valence-electron chi connectivity index (χ2n) is 4.80. The molecule has 84 valence electrons. The molecule has 0 unspecified atom stereocenters. The summed E-state index contributed by atoms with van der Waals surface area (Å²) in [5.74, 6) is 0. The van der Waals surface area contributed by atoms with Gasteiger partial charge >= 0.3 is 0 Å². The molecule has 0 radical (unpaired) electrons. The minimum atomic E-state index is -1.78. The first-order valence-corrected chi connectivity index (χ1v) is 8.21. The predicted octanol–water partition coefficient (Wildman–Crippen LogP) is 1.25. The van der Waals surface area contributed by atoms with E-state index < -0.39 is 7.14 Å². The number of likely N-dealkylation sites (N-methyl/N-ethyl adjacent to an activating group) is 1. The van der Waals surface area contributed by atoms with E-state index in [0.717, 1.165) is 19.1 Å². The quantitative estimate of drug-likeness (QED) is 0.663. The summed E-state index contributed by atoms with van der Waals surface area (Å²) in [6.45, 7) is 9.60. The molecule has 0 atom stereocenters. The van der Waals surface area contributed by atoms with E-state index in [1.165, 1.54) is 26.2 Å². The van der Waals surface area contributed by atoms with E-state index in [-0.39, 0.29) is 0 Å². The van der Waals surface area contributed by atoms with Gasteiger partial charge in [-0.3, -0.25) is 0 Å². The van der Waals surface area contributed by atoms with E-state index in [4.69, 9.17) is 0 Å². The van der Waals surface area contributed by atoms with Crippen molar-refractivity contribution < 1.29 is 4.57 Å². The molecule has 0 aromatic heterocycles. The fourth-order valence-corrected chi connectivity index (χ4v) is 2.65. The summed E-state index contributed by atoms with van der Waals surface area (Å²) in [5, 5.41) is 0. The zero-order valence-electron chi connectivity index (χ0n) is 9.70. The van der Waals surface area contributed by atoms with Crippen molar-refractivity contribution in [3.63, 3.8) is 0 Å². The predicted molar refractivity (Wildman–Crippen MR) is 62.9 cm³/mol. The lowest BCUT2D eigenvalue weighted by Gasteiger charge is -2.32. The van der Waals surface area contributed by atoms with Crippen LogP contribution in [0.2, 0.25) is 0 Å². The van der Waals surface area contributed by atoms with Crippen molar-refractivity contribution in [1.29, 1.82) is 0 Å². The molecule has 0 bridgehead atoms. The van der Waals surface area contributed by atoms with Crippen LogP contribution in [-0.2, 0) is 4.57 Å². The summed E-state index contributed by atoms with van der Waals surface area (Å²) in [4.78, 5) is 4.84. The second kappa shape index (κ2) is 5.29. The maximum atomic E-state index is 11.5. The second-order valence-corrected chi connectivity index (χ2v) is 8.39. The van der Waals surface area contributed by atoms with Gasteiger partial charge in [-0.2, -0.15) is 0 Å². The highest BCUT2D eigenvalue weighted by atomic mass is 31.2. The number of hydrogen-bond acceptors (Lipinski definition) is 3. The maximum Gasteiger partial charge on any atom is 0.0819 e. The van der Waals surface area contributed by atoms with Crippen molar-refractivity contribution >= 4 is 7.14 Å². The number of nitrogens with zero attached hydrogens (tertiary/aromatic N) is 2. The summed E-state index contributed by atoms with van der Waals surface area (Å²) < 4.78 is 11.5. The molecular formula is C10H23N2OP. The van der Waals surface area contributed by atoms with Gasteiger partial charge in [-0.25, -0.2) is 0 Å². The first-order valence-electron chi connectivity index (χ1n) is 5.42. The van der Waals surface area contributed by atoms with Gasteiger partial charge in [0.2, 0.25) is 0 Å². The van der Waals surface area contributed by atoms with E-state index in [2.05, 4.69) is 16.8 Å². The van der Waals surface area contributed by atoms with Crippen molar-refractivity contribution in [1.82, 2.24) is 9.80 Å². The Hall–Kier alpha value is 0.150. The third-order valence-electron chi connectivity index (χ3n) is 2.77. The summed E-state index contributed by atoms with van der Waals surface area (Å²) in [6, 6.07) is 0. The fraction of sp³-hybridized carbons (Fsp3) is 1.00. The Balaban J connectivity index is 2.11. The van der Waals surface area contributed by atoms with Gasteiger partial charge in [0.1, 0.15) is 0 Å². The molecule has 0 amide bonds. The molecule has 4 heteroatoms. The molecule has 1 fully saturated rings. The third-order valence-corrected chi connectivity index (χ3v) is 4.16. The van der Waals surface area contributed by atoms with E-state index in [0.29, 0.717) is 0 Å². The Morgan fingerprint density at radius 3 is 2.21 bits per heavy atom. The van der Waals surface area contributed by atoms with Gasteiger partial charge in [-0.15, -0.1) is 0 Å². The van der Waals surface area contributed by atoms with E-state index >= 15 is 0 Å². The van der Waals surface area contributed by atoms with Crippen LogP contribution < -0.4 is 0 Å². The van der Waals surface area contributed by atoms with Crippen LogP contribution in [0.1, 0.15) is 6.42 Å². The zero-order valence-corrected chi connectivity index (χ0v) is 10.6. The topological polar surface area (TPSA) is 23.6 Å². The zero-order chi connectivity index (χ0) is 10.6. The molecule has 1 rings (SSSR count). The molecule has 1 aliphatic heterocycles. The molecule has 14 heavy (non-hydrogen) atoms. The summed E-state index contributed by atoms with van der Waals surface area (Å²) in [5.41, 5.74) is 0. The molecule has 0 aliphatic carbocycles. The SMILES string of the molecule is CN1CCN(CCCP(C)(C)=O)CC1. The van der Waals surface area contributed by atoms with Gasteiger partial charge in [0.25, 0.3) is 0 Å². The Labute approximate surface area is 87.8 Å². The van der Waals surface area contributed by atoms with Gasteiger partial charge in [0.05, 0.1) is 7.14 Å². The van der Waals surface area contributed by atoms with Crippen LogP contribution in [0.15, 0.2) is 0 Å². The van der Waals surface area contributed by atoms with Crippen LogP contribution in [0, 0.1) is 0 Å². The smallest absolute Gasteiger partial charge is 0.0819 e. The van der Waals surface area contributed by atoms with Crippen molar-refractivity contribution in [2.45, 2.75) is 6.42 Å². The first-order chi connectivity index (χ1) is 6.47. The van der Waals surface area contributed by atoms with E-state index in [9.17, 15) is 4.57 Å². The van der Waals surface area contributed by atoms with Crippen molar-refractivity contribution in [3.05, 3.63) is 0 Å². The lowest BCUT2D eigenvalue weighted by atomic mass is 10.3. The normalized spacial score (nSPS) is 21.4. The van der Waals surface area contributed by atoms with Gasteiger partial charge in [-0.05, 0) is 33.3 Å². The third kappa shape index (κ3) is 5.14. The van der Waals surface area contributed by atoms with Gasteiger partial charge in [0, 0.05) is 32.3 Å². The number of rotatable bonds is 4. The molecule has 0 saturated carbocycles. The molecule has 1 aliphatic rings. The Bertz CT molecular complexity index is 206. The highest BCUT2D eigenvalue weighted by Crippen LogP contribution is 2.36. The van der Waals surface area contributed by atoms with Crippen LogP contribution in [0.25, 0.3) is 0 Å². The van der Waals surface area contributed by atoms with Crippen LogP contribution in [-0.4, -0.2) is 69.1 Å². The van der Waals surface area contributed by atoms with E-state index in [1.54, 1.807) is 0 Å². The summed E-state index contributed by atoms with van der Waals surface area (Å²) in [6.07, 6.45) is 1.99. The van der Waals surface area contributed by atoms with E-state index in [1.807, 2.05) is 13.3 Å². The molecule has 0 aromatic rings. The molecule has 0 aromatic carbocycles. The van der Waals surface area contributed by atoms with Crippen LogP contribution >= 0.6 is 7.14 Å². The minimum absolute atomic E-state index is 0.902. The van der Waals surface area contributed by atoms with Crippen molar-refractivity contribution in [2.24, 2.45) is 0 Å². The first kappa shape index (κ1) is 12.2. The van der Waals surface area contributed by atoms with Crippen LogP contribution in [0.4, 0.5) is 0 Å². The van der Waals surface area contributed by atoms with Crippen LogP contribution in [0.3, 0.4) is 0 Å². The maximum absolute atomic E-state index is 11.5. The molecule has 0 spiro atoms. The van der Waals surface area contributed by atoms with Gasteiger partial charge in [0.15, 0.2) is 0 Å². The van der Waals surface area contributed by atoms with Crippen molar-refractivity contribution in [3.8, 4) is 0 Å². The molecular weight excluding hydrogens is 195 g/mol. The van der Waals surface area contributed by atoms with Gasteiger partial charge < -0.3 is 14.4 Å². The molecule has 0 N–H and O–H groups in total. The largest absolute Gasteiger partial charge is 0.324 e. The average molecular weight is 218 g/mol. The van der Waals surface area contributed by atoms with Crippen LogP contribution in [0.5, 0.6) is 0 Å². The highest BCUT2D eigenvalue weighted by molar-refractivity contribution is 7.62. The average Bonchev–Trinajstić information content (AvgIpc) is 2.06. The van der Waals surface area contributed by atoms with Gasteiger partial charge in [-0.1, -0.05) is 0 Å². The highest BCUT2D eigenvalue weighted by Gasteiger charge is 2.14. The molecule has 1 saturated heterocycles. The standard InChI is InChI=1S/C10H23N2OP/c1-11-6-8-12(9-7-11)5-4-10-14(2,3)13/h4-10H2,1-3H3. The minimum Gasteiger partial charge on any atom is -0.324 e.